The van der Waals surface area contributed by atoms with Crippen molar-refractivity contribution in [2.75, 3.05) is 20.8 Å². The van der Waals surface area contributed by atoms with Gasteiger partial charge >= 0.3 is 0 Å². The molecule has 1 aromatic rings. The minimum absolute atomic E-state index is 0.571. The van der Waals surface area contributed by atoms with Crippen molar-refractivity contribution in [3.05, 3.63) is 23.5 Å². The molecule has 0 saturated heterocycles. The van der Waals surface area contributed by atoms with Gasteiger partial charge in [0.15, 0.2) is 0 Å². The third-order valence-corrected chi connectivity index (χ3v) is 3.56. The molecule has 0 spiro atoms. The van der Waals surface area contributed by atoms with E-state index in [1.807, 2.05) is 0 Å². The summed E-state index contributed by atoms with van der Waals surface area (Å²) in [5.41, 5.74) is 2.45. The van der Waals surface area contributed by atoms with Crippen molar-refractivity contribution < 1.29 is 9.47 Å². The highest BCUT2D eigenvalue weighted by atomic mass is 16.5. The zero-order valence-electron chi connectivity index (χ0n) is 12.3. The van der Waals surface area contributed by atoms with E-state index in [1.54, 1.807) is 19.8 Å². The summed E-state index contributed by atoms with van der Waals surface area (Å²) in [7, 11) is 3.22. The molecule has 20 heavy (non-hydrogen) atoms. The Balaban J connectivity index is 1.85. The molecule has 0 aromatic carbocycles. The Morgan fingerprint density at radius 1 is 1.15 bits per heavy atom. The molecule has 5 heteroatoms. The van der Waals surface area contributed by atoms with Crippen LogP contribution < -0.4 is 14.8 Å². The van der Waals surface area contributed by atoms with Gasteiger partial charge in [0.25, 0.3) is 0 Å². The fourth-order valence-corrected chi connectivity index (χ4v) is 2.48. The van der Waals surface area contributed by atoms with Crippen LogP contribution in [0, 0.1) is 0 Å². The Kier molecular flexibility index (Phi) is 5.80. The Morgan fingerprint density at radius 2 is 1.90 bits per heavy atom. The van der Waals surface area contributed by atoms with Gasteiger partial charge in [-0.05, 0) is 38.6 Å². The third kappa shape index (κ3) is 3.93. The van der Waals surface area contributed by atoms with Gasteiger partial charge in [0.2, 0.25) is 11.8 Å². The van der Waals surface area contributed by atoms with E-state index in [2.05, 4.69) is 21.4 Å². The average molecular weight is 277 g/mol. The molecule has 0 aliphatic heterocycles. The highest BCUT2D eigenvalue weighted by molar-refractivity contribution is 5.34. The predicted octanol–water partition coefficient (Wildman–Crippen LogP) is 2.47. The van der Waals surface area contributed by atoms with Crippen molar-refractivity contribution >= 4 is 0 Å². The van der Waals surface area contributed by atoms with Crippen LogP contribution in [0.4, 0.5) is 0 Å². The lowest BCUT2D eigenvalue weighted by atomic mass is 9.97. The van der Waals surface area contributed by atoms with E-state index < -0.39 is 0 Å². The summed E-state index contributed by atoms with van der Waals surface area (Å²) in [6.45, 7) is 1.60. The topological polar surface area (TPSA) is 56.3 Å². The normalized spacial score (nSPS) is 14.8. The summed E-state index contributed by atoms with van der Waals surface area (Å²) in [6, 6.07) is 0. The maximum Gasteiger partial charge on any atom is 0.224 e. The second-order valence-electron chi connectivity index (χ2n) is 4.91. The van der Waals surface area contributed by atoms with Crippen LogP contribution >= 0.6 is 0 Å². The highest BCUT2D eigenvalue weighted by Crippen LogP contribution is 2.23. The van der Waals surface area contributed by atoms with Crippen molar-refractivity contribution in [3.63, 3.8) is 0 Å². The Labute approximate surface area is 120 Å². The fourth-order valence-electron chi connectivity index (χ4n) is 2.48. The summed E-state index contributed by atoms with van der Waals surface area (Å²) < 4.78 is 10.5. The van der Waals surface area contributed by atoms with Crippen molar-refractivity contribution in [2.45, 2.75) is 38.6 Å². The zero-order chi connectivity index (χ0) is 14.2. The van der Waals surface area contributed by atoms with Crippen LogP contribution in [0.15, 0.2) is 18.0 Å². The standard InChI is InChI=1S/C15H23N3O2/c1-19-14-13(15(20-2)18-11-17-14)10-16-9-8-12-6-4-3-5-7-12/h6,11,16H,3-5,7-10H2,1-2H3. The molecule has 2 rings (SSSR count). The van der Waals surface area contributed by atoms with Gasteiger partial charge < -0.3 is 14.8 Å². The molecule has 1 aromatic heterocycles. The van der Waals surface area contributed by atoms with Crippen molar-refractivity contribution in [2.24, 2.45) is 0 Å². The first kappa shape index (κ1) is 14.8. The molecule has 0 atom stereocenters. The lowest BCUT2D eigenvalue weighted by molar-refractivity contribution is 0.359. The van der Waals surface area contributed by atoms with Gasteiger partial charge in [0.1, 0.15) is 6.33 Å². The number of hydrogen-bond donors (Lipinski definition) is 1. The summed E-state index contributed by atoms with van der Waals surface area (Å²) in [6.07, 6.45) is 10.1. The smallest absolute Gasteiger partial charge is 0.224 e. The molecule has 5 nitrogen and oxygen atoms in total. The first-order valence-corrected chi connectivity index (χ1v) is 7.15. The zero-order valence-corrected chi connectivity index (χ0v) is 12.3. The highest BCUT2D eigenvalue weighted by Gasteiger charge is 2.12. The van der Waals surface area contributed by atoms with Crippen molar-refractivity contribution in [1.82, 2.24) is 15.3 Å². The number of hydrogen-bond acceptors (Lipinski definition) is 5. The summed E-state index contributed by atoms with van der Waals surface area (Å²) >= 11 is 0. The van der Waals surface area contributed by atoms with E-state index in [0.29, 0.717) is 18.3 Å². The van der Waals surface area contributed by atoms with Crippen LogP contribution in [-0.2, 0) is 6.54 Å². The lowest BCUT2D eigenvalue weighted by Crippen LogP contribution is -2.17. The number of rotatable bonds is 7. The number of allylic oxidation sites excluding steroid dienone is 1. The molecule has 0 saturated carbocycles. The summed E-state index contributed by atoms with van der Waals surface area (Å²) in [4.78, 5) is 8.22. The Hall–Kier alpha value is -1.62. The Morgan fingerprint density at radius 3 is 2.50 bits per heavy atom. The van der Waals surface area contributed by atoms with Crippen LogP contribution in [0.5, 0.6) is 11.8 Å². The number of nitrogens with one attached hydrogen (secondary N) is 1. The van der Waals surface area contributed by atoms with Gasteiger partial charge in [-0.3, -0.25) is 0 Å². The van der Waals surface area contributed by atoms with Gasteiger partial charge in [-0.1, -0.05) is 11.6 Å². The summed E-state index contributed by atoms with van der Waals surface area (Å²) in [5, 5.41) is 3.42. The van der Waals surface area contributed by atoms with Crippen LogP contribution in [0.1, 0.15) is 37.7 Å². The van der Waals surface area contributed by atoms with Crippen LogP contribution in [-0.4, -0.2) is 30.7 Å². The van der Waals surface area contributed by atoms with Crippen LogP contribution in [0.3, 0.4) is 0 Å². The molecular formula is C15H23N3O2. The van der Waals surface area contributed by atoms with Crippen molar-refractivity contribution in [3.8, 4) is 11.8 Å². The van der Waals surface area contributed by atoms with E-state index >= 15 is 0 Å². The monoisotopic (exact) mass is 277 g/mol. The molecule has 0 radical (unpaired) electrons. The third-order valence-electron chi connectivity index (χ3n) is 3.56. The fraction of sp³-hybridized carbons (Fsp3) is 0.600. The molecule has 1 aliphatic carbocycles. The second-order valence-corrected chi connectivity index (χ2v) is 4.91. The van der Waals surface area contributed by atoms with Gasteiger partial charge in [-0.25, -0.2) is 9.97 Å². The molecule has 0 amide bonds. The van der Waals surface area contributed by atoms with E-state index in [1.165, 1.54) is 32.0 Å². The molecule has 0 fully saturated rings. The van der Waals surface area contributed by atoms with Gasteiger partial charge in [-0.2, -0.15) is 0 Å². The number of nitrogens with zero attached hydrogens (tertiary/aromatic N) is 2. The van der Waals surface area contributed by atoms with E-state index in [9.17, 15) is 0 Å². The predicted molar refractivity (Wildman–Crippen MR) is 78.0 cm³/mol. The minimum Gasteiger partial charge on any atom is -0.481 e. The van der Waals surface area contributed by atoms with Crippen molar-refractivity contribution in [1.29, 1.82) is 0 Å². The van der Waals surface area contributed by atoms with Crippen LogP contribution in [0.2, 0.25) is 0 Å². The number of methoxy groups -OCH3 is 2. The SMILES string of the molecule is COc1ncnc(OC)c1CNCCC1=CCCCC1. The maximum atomic E-state index is 5.25. The number of aromatic nitrogens is 2. The maximum absolute atomic E-state index is 5.25. The summed E-state index contributed by atoms with van der Waals surface area (Å²) in [5.74, 6) is 1.14. The number of ether oxygens (including phenoxy) is 2. The molecule has 110 valence electrons. The molecular weight excluding hydrogens is 254 g/mol. The van der Waals surface area contributed by atoms with Gasteiger partial charge in [0, 0.05) is 6.54 Å². The van der Waals surface area contributed by atoms with Gasteiger partial charge in [0.05, 0.1) is 19.8 Å². The molecule has 1 heterocycles. The lowest BCUT2D eigenvalue weighted by Gasteiger charge is -2.14. The van der Waals surface area contributed by atoms with Crippen LogP contribution in [0.25, 0.3) is 0 Å². The molecule has 0 bridgehead atoms. The van der Waals surface area contributed by atoms with E-state index in [4.69, 9.17) is 9.47 Å². The second kappa shape index (κ2) is 7.85. The molecule has 1 aliphatic rings. The van der Waals surface area contributed by atoms with E-state index in [-0.39, 0.29) is 0 Å². The van der Waals surface area contributed by atoms with Gasteiger partial charge in [-0.15, -0.1) is 0 Å². The quantitative estimate of drug-likeness (QED) is 0.613. The largest absolute Gasteiger partial charge is 0.481 e. The molecule has 0 unspecified atom stereocenters. The Bertz CT molecular complexity index is 438. The first-order valence-electron chi connectivity index (χ1n) is 7.15. The first-order chi connectivity index (χ1) is 9.85. The van der Waals surface area contributed by atoms with E-state index in [0.717, 1.165) is 18.5 Å². The average Bonchev–Trinajstić information content (AvgIpc) is 2.52. The minimum atomic E-state index is 0.571. The molecule has 1 N–H and O–H groups in total.